The van der Waals surface area contributed by atoms with Gasteiger partial charge in [0.25, 0.3) is 0 Å². The Kier molecular flexibility index (Phi) is 10.6. The van der Waals surface area contributed by atoms with Crippen molar-refractivity contribution in [3.8, 4) is 11.5 Å². The van der Waals surface area contributed by atoms with Gasteiger partial charge in [-0.15, -0.1) is 0 Å². The minimum atomic E-state index is -0.795. The molecule has 52 heavy (non-hydrogen) atoms. The molecule has 1 saturated carbocycles. The van der Waals surface area contributed by atoms with E-state index in [2.05, 4.69) is 139 Å². The molecule has 0 aliphatic heterocycles. The molecule has 1 aliphatic carbocycles. The molecule has 0 saturated heterocycles. The predicted octanol–water partition coefficient (Wildman–Crippen LogP) is 11.2. The molecule has 0 amide bonds. The lowest BCUT2D eigenvalue weighted by molar-refractivity contribution is 0.390. The summed E-state index contributed by atoms with van der Waals surface area (Å²) in [5.74, 6) is 0.506. The Labute approximate surface area is 311 Å². The van der Waals surface area contributed by atoms with Gasteiger partial charge in [-0.3, -0.25) is 9.98 Å². The Morgan fingerprint density at radius 1 is 0.519 bits per heavy atom. The van der Waals surface area contributed by atoms with Crippen LogP contribution in [0, 0.1) is 6.92 Å². The van der Waals surface area contributed by atoms with Gasteiger partial charge in [-0.1, -0.05) is 151 Å². The minimum absolute atomic E-state index is 0.0209. The Balaban J connectivity index is 1.49. The van der Waals surface area contributed by atoms with E-state index in [4.69, 9.17) is 9.98 Å². The smallest absolute Gasteiger partial charge is 0.129 e. The standard InChI is InChI=1S/C48H54N2O2/c1-33-27-39(46(2,3)4)28-34(44(33)51)31-49-42-25-17-18-26-43(42)50-32-35-29-40(47(5,6)7)30-41(45(35)52)48(36-19-11-8-12-20-36,37-21-13-9-14-22-37)38-23-15-10-16-24-38/h8-16,19-24,27-32,42-43,51-52H,17-18,25-26H2,1-7H3/t42-,43-/m1/s1. The van der Waals surface area contributed by atoms with Crippen molar-refractivity contribution in [3.05, 3.63) is 165 Å². The molecule has 0 spiro atoms. The van der Waals surface area contributed by atoms with E-state index in [1.807, 2.05) is 37.6 Å². The molecule has 5 aromatic carbocycles. The maximum atomic E-state index is 12.5. The van der Waals surface area contributed by atoms with Gasteiger partial charge < -0.3 is 10.2 Å². The van der Waals surface area contributed by atoms with Crippen LogP contribution in [-0.4, -0.2) is 34.7 Å². The van der Waals surface area contributed by atoms with Gasteiger partial charge in [-0.05, 0) is 82.2 Å². The highest BCUT2D eigenvalue weighted by atomic mass is 16.3. The second-order valence-corrected chi connectivity index (χ2v) is 16.5. The molecule has 0 bridgehead atoms. The van der Waals surface area contributed by atoms with Crippen LogP contribution in [0.5, 0.6) is 11.5 Å². The van der Waals surface area contributed by atoms with Crippen molar-refractivity contribution < 1.29 is 10.2 Å². The summed E-state index contributed by atoms with van der Waals surface area (Å²) < 4.78 is 0. The molecule has 5 aromatic rings. The quantitative estimate of drug-likeness (QED) is 0.126. The van der Waals surface area contributed by atoms with Gasteiger partial charge in [-0.2, -0.15) is 0 Å². The van der Waals surface area contributed by atoms with Gasteiger partial charge in [0.15, 0.2) is 0 Å². The first-order valence-electron chi connectivity index (χ1n) is 18.7. The minimum Gasteiger partial charge on any atom is -0.507 e. The fourth-order valence-electron chi connectivity index (χ4n) is 7.63. The summed E-state index contributed by atoms with van der Waals surface area (Å²) in [7, 11) is 0. The molecular weight excluding hydrogens is 637 g/mol. The van der Waals surface area contributed by atoms with Gasteiger partial charge in [0.05, 0.1) is 17.5 Å². The van der Waals surface area contributed by atoms with Crippen molar-refractivity contribution in [2.24, 2.45) is 9.98 Å². The number of hydrogen-bond acceptors (Lipinski definition) is 4. The summed E-state index contributed by atoms with van der Waals surface area (Å²) in [5.41, 5.74) is 7.63. The molecule has 0 radical (unpaired) electrons. The molecule has 4 heteroatoms. The van der Waals surface area contributed by atoms with Gasteiger partial charge in [0, 0.05) is 29.1 Å². The summed E-state index contributed by atoms with van der Waals surface area (Å²) in [6.45, 7) is 15.2. The van der Waals surface area contributed by atoms with Crippen LogP contribution in [0.15, 0.2) is 125 Å². The summed E-state index contributed by atoms with van der Waals surface area (Å²) >= 11 is 0. The van der Waals surface area contributed by atoms with E-state index in [1.54, 1.807) is 0 Å². The summed E-state index contributed by atoms with van der Waals surface area (Å²) in [5, 5.41) is 23.5. The number of rotatable bonds is 8. The first-order chi connectivity index (χ1) is 24.8. The molecule has 0 unspecified atom stereocenters. The topological polar surface area (TPSA) is 65.2 Å². The summed E-state index contributed by atoms with van der Waals surface area (Å²) in [6.07, 6.45) is 7.75. The van der Waals surface area contributed by atoms with Crippen LogP contribution in [0.1, 0.15) is 117 Å². The number of aliphatic imine (C=N–C) groups is 2. The lowest BCUT2D eigenvalue weighted by atomic mass is 9.64. The fourth-order valence-corrected chi connectivity index (χ4v) is 7.63. The second kappa shape index (κ2) is 14.9. The molecule has 2 atom stereocenters. The highest BCUT2D eigenvalue weighted by molar-refractivity contribution is 5.87. The van der Waals surface area contributed by atoms with Crippen LogP contribution in [-0.2, 0) is 16.2 Å². The Morgan fingerprint density at radius 3 is 1.31 bits per heavy atom. The van der Waals surface area contributed by atoms with Crippen LogP contribution in [0.3, 0.4) is 0 Å². The number of hydrogen-bond donors (Lipinski definition) is 2. The molecule has 1 fully saturated rings. The number of aromatic hydroxyl groups is 2. The van der Waals surface area contributed by atoms with Crippen molar-refractivity contribution >= 4 is 12.4 Å². The van der Waals surface area contributed by atoms with Crippen LogP contribution in [0.25, 0.3) is 0 Å². The third-order valence-corrected chi connectivity index (χ3v) is 10.7. The number of phenolic OH excluding ortho intramolecular Hbond substituents is 2. The molecule has 268 valence electrons. The molecule has 0 heterocycles. The van der Waals surface area contributed by atoms with Gasteiger partial charge >= 0.3 is 0 Å². The molecule has 0 aromatic heterocycles. The SMILES string of the molecule is Cc1cc(C(C)(C)C)cc(C=N[C@@H]2CCCC[C@H]2N=Cc2cc(C(C)(C)C)cc(C(c3ccccc3)(c3ccccc3)c3ccccc3)c2O)c1O. The second-order valence-electron chi connectivity index (χ2n) is 16.5. The van der Waals surface area contributed by atoms with Crippen LogP contribution < -0.4 is 0 Å². The van der Waals surface area contributed by atoms with Crippen molar-refractivity contribution in [1.82, 2.24) is 0 Å². The Bertz CT molecular complexity index is 1940. The monoisotopic (exact) mass is 690 g/mol. The lowest BCUT2D eigenvalue weighted by Crippen LogP contribution is -2.32. The first kappa shape index (κ1) is 36.8. The Morgan fingerprint density at radius 2 is 0.904 bits per heavy atom. The maximum Gasteiger partial charge on any atom is 0.129 e. The van der Waals surface area contributed by atoms with Crippen molar-refractivity contribution in [2.45, 2.75) is 102 Å². The molecule has 6 rings (SSSR count). The summed E-state index contributed by atoms with van der Waals surface area (Å²) in [6, 6.07) is 39.9. The van der Waals surface area contributed by atoms with Crippen molar-refractivity contribution in [2.75, 3.05) is 0 Å². The molecule has 1 aliphatic rings. The number of aryl methyl sites for hydroxylation is 1. The maximum absolute atomic E-state index is 12.5. The van der Waals surface area contributed by atoms with Gasteiger partial charge in [-0.25, -0.2) is 0 Å². The van der Waals surface area contributed by atoms with Crippen LogP contribution >= 0.6 is 0 Å². The van der Waals surface area contributed by atoms with Crippen molar-refractivity contribution in [1.29, 1.82) is 0 Å². The third kappa shape index (κ3) is 7.48. The summed E-state index contributed by atoms with van der Waals surface area (Å²) in [4.78, 5) is 10.3. The molecular formula is C48H54N2O2. The largest absolute Gasteiger partial charge is 0.507 e. The average molecular weight is 691 g/mol. The third-order valence-electron chi connectivity index (χ3n) is 10.7. The number of phenols is 2. The van der Waals surface area contributed by atoms with E-state index >= 15 is 0 Å². The zero-order chi connectivity index (χ0) is 37.1. The van der Waals surface area contributed by atoms with E-state index in [1.165, 1.54) is 5.56 Å². The van der Waals surface area contributed by atoms with Crippen LogP contribution in [0.2, 0.25) is 0 Å². The molecule has 4 nitrogen and oxygen atoms in total. The zero-order valence-corrected chi connectivity index (χ0v) is 31.9. The van der Waals surface area contributed by atoms with E-state index in [-0.39, 0.29) is 34.4 Å². The zero-order valence-electron chi connectivity index (χ0n) is 31.9. The van der Waals surface area contributed by atoms with Gasteiger partial charge in [0.1, 0.15) is 11.5 Å². The fraction of sp³-hybridized carbons (Fsp3) is 0.333. The van der Waals surface area contributed by atoms with E-state index in [9.17, 15) is 10.2 Å². The number of nitrogens with zero attached hydrogens (tertiary/aromatic N) is 2. The molecule has 2 N–H and O–H groups in total. The normalized spacial score (nSPS) is 17.2. The van der Waals surface area contributed by atoms with E-state index in [0.29, 0.717) is 5.56 Å². The van der Waals surface area contributed by atoms with Crippen molar-refractivity contribution in [3.63, 3.8) is 0 Å². The van der Waals surface area contributed by atoms with E-state index in [0.717, 1.165) is 64.6 Å². The van der Waals surface area contributed by atoms with Gasteiger partial charge in [0.2, 0.25) is 0 Å². The Hall–Kier alpha value is -4.96. The average Bonchev–Trinajstić information content (AvgIpc) is 3.13. The number of benzene rings is 5. The van der Waals surface area contributed by atoms with E-state index < -0.39 is 5.41 Å². The predicted molar refractivity (Wildman–Crippen MR) is 218 cm³/mol. The highest BCUT2D eigenvalue weighted by Crippen LogP contribution is 2.50. The van der Waals surface area contributed by atoms with Crippen LogP contribution in [0.4, 0.5) is 0 Å². The lowest BCUT2D eigenvalue weighted by Gasteiger charge is -2.38. The highest BCUT2D eigenvalue weighted by Gasteiger charge is 2.41. The first-order valence-corrected chi connectivity index (χ1v) is 18.7.